The van der Waals surface area contributed by atoms with Gasteiger partial charge in [0.1, 0.15) is 0 Å². The smallest absolute Gasteiger partial charge is 0.0364 e. The van der Waals surface area contributed by atoms with E-state index < -0.39 is 0 Å². The molecule has 2 heteroatoms. The van der Waals surface area contributed by atoms with Crippen molar-refractivity contribution in [2.24, 2.45) is 11.8 Å². The van der Waals surface area contributed by atoms with E-state index in [0.717, 1.165) is 5.92 Å². The molecule has 1 aromatic rings. The minimum Gasteiger partial charge on any atom is -0.152 e. The number of thiophene rings is 1. The van der Waals surface area contributed by atoms with E-state index in [4.69, 9.17) is 11.6 Å². The van der Waals surface area contributed by atoms with E-state index >= 15 is 0 Å². The summed E-state index contributed by atoms with van der Waals surface area (Å²) in [6, 6.07) is 2.24. The van der Waals surface area contributed by atoms with Crippen LogP contribution in [0.25, 0.3) is 0 Å². The summed E-state index contributed by atoms with van der Waals surface area (Å²) in [5.74, 6) is 1.51. The van der Waals surface area contributed by atoms with Gasteiger partial charge in [-0.3, -0.25) is 0 Å². The van der Waals surface area contributed by atoms with Gasteiger partial charge in [-0.15, -0.1) is 11.6 Å². The lowest BCUT2D eigenvalue weighted by atomic mass is 9.92. The topological polar surface area (TPSA) is 0 Å². The molecule has 13 heavy (non-hydrogen) atoms. The molecule has 2 rings (SSSR count). The molecule has 1 aliphatic rings. The van der Waals surface area contributed by atoms with Crippen molar-refractivity contribution in [3.8, 4) is 0 Å². The highest BCUT2D eigenvalue weighted by molar-refractivity contribution is 7.07. The van der Waals surface area contributed by atoms with Crippen LogP contribution in [0.15, 0.2) is 16.8 Å². The van der Waals surface area contributed by atoms with Crippen LogP contribution in [0.2, 0.25) is 0 Å². The third-order valence-electron chi connectivity index (χ3n) is 3.21. The minimum atomic E-state index is 0.420. The van der Waals surface area contributed by atoms with Crippen molar-refractivity contribution in [1.29, 1.82) is 0 Å². The van der Waals surface area contributed by atoms with Gasteiger partial charge in [0.2, 0.25) is 0 Å². The number of rotatable bonds is 2. The molecule has 3 atom stereocenters. The van der Waals surface area contributed by atoms with Crippen molar-refractivity contribution >= 4 is 22.9 Å². The lowest BCUT2D eigenvalue weighted by Crippen LogP contribution is -2.12. The normalized spacial score (nSPS) is 33.8. The quantitative estimate of drug-likeness (QED) is 0.655. The molecule has 0 nitrogen and oxygen atoms in total. The molecule has 1 aromatic heterocycles. The molecule has 1 fully saturated rings. The second-order valence-corrected chi connectivity index (χ2v) is 5.39. The number of alkyl halides is 1. The van der Waals surface area contributed by atoms with Crippen LogP contribution in [0.3, 0.4) is 0 Å². The van der Waals surface area contributed by atoms with Crippen molar-refractivity contribution < 1.29 is 0 Å². The second kappa shape index (κ2) is 4.02. The van der Waals surface area contributed by atoms with E-state index in [2.05, 4.69) is 23.8 Å². The molecule has 0 bridgehead atoms. The van der Waals surface area contributed by atoms with Gasteiger partial charge in [0.05, 0.1) is 0 Å². The maximum Gasteiger partial charge on any atom is 0.0364 e. The third-order valence-corrected chi connectivity index (χ3v) is 4.55. The summed E-state index contributed by atoms with van der Waals surface area (Å²) in [5, 5.41) is 4.84. The average Bonchev–Trinajstić information content (AvgIpc) is 2.71. The molecular formula is C11H15ClS. The van der Waals surface area contributed by atoms with E-state index in [9.17, 15) is 0 Å². The van der Waals surface area contributed by atoms with Crippen molar-refractivity contribution in [3.05, 3.63) is 22.4 Å². The molecule has 72 valence electrons. The fourth-order valence-electron chi connectivity index (χ4n) is 2.19. The van der Waals surface area contributed by atoms with Crippen LogP contribution in [-0.4, -0.2) is 5.38 Å². The van der Waals surface area contributed by atoms with E-state index in [1.165, 1.54) is 24.8 Å². The SMILES string of the molecule is CC1C(Cl)CCC1Cc1ccsc1. The zero-order valence-corrected chi connectivity index (χ0v) is 9.44. The lowest BCUT2D eigenvalue weighted by molar-refractivity contribution is 0.420. The first-order chi connectivity index (χ1) is 6.27. The molecule has 0 amide bonds. The van der Waals surface area contributed by atoms with Crippen LogP contribution in [0.4, 0.5) is 0 Å². The van der Waals surface area contributed by atoms with Crippen LogP contribution in [0, 0.1) is 11.8 Å². The molecule has 0 N–H and O–H groups in total. The van der Waals surface area contributed by atoms with E-state index in [1.54, 1.807) is 11.3 Å². The number of hydrogen-bond donors (Lipinski definition) is 0. The van der Waals surface area contributed by atoms with E-state index in [0.29, 0.717) is 11.3 Å². The Labute approximate surface area is 88.9 Å². The van der Waals surface area contributed by atoms with Crippen molar-refractivity contribution in [2.45, 2.75) is 31.6 Å². The predicted molar refractivity (Wildman–Crippen MR) is 59.6 cm³/mol. The van der Waals surface area contributed by atoms with Gasteiger partial charge in [0.25, 0.3) is 0 Å². The van der Waals surface area contributed by atoms with E-state index in [-0.39, 0.29) is 0 Å². The molecular weight excluding hydrogens is 200 g/mol. The van der Waals surface area contributed by atoms with Crippen LogP contribution < -0.4 is 0 Å². The van der Waals surface area contributed by atoms with Gasteiger partial charge in [-0.2, -0.15) is 11.3 Å². The van der Waals surface area contributed by atoms with Crippen molar-refractivity contribution in [1.82, 2.24) is 0 Å². The maximum atomic E-state index is 6.20. The largest absolute Gasteiger partial charge is 0.152 e. The van der Waals surface area contributed by atoms with Gasteiger partial charge >= 0.3 is 0 Å². The van der Waals surface area contributed by atoms with Gasteiger partial charge in [-0.05, 0) is 53.5 Å². The van der Waals surface area contributed by atoms with Gasteiger partial charge < -0.3 is 0 Å². The lowest BCUT2D eigenvalue weighted by Gasteiger charge is -2.15. The zero-order valence-electron chi connectivity index (χ0n) is 7.87. The molecule has 1 aliphatic carbocycles. The average molecular weight is 215 g/mol. The molecule has 0 aromatic carbocycles. The van der Waals surface area contributed by atoms with Crippen molar-refractivity contribution in [3.63, 3.8) is 0 Å². The van der Waals surface area contributed by atoms with Crippen LogP contribution >= 0.6 is 22.9 Å². The first kappa shape index (κ1) is 9.54. The Morgan fingerprint density at radius 3 is 2.92 bits per heavy atom. The van der Waals surface area contributed by atoms with Gasteiger partial charge in [-0.1, -0.05) is 6.92 Å². The number of hydrogen-bond acceptors (Lipinski definition) is 1. The summed E-state index contributed by atoms with van der Waals surface area (Å²) in [6.07, 6.45) is 3.75. The Morgan fingerprint density at radius 2 is 2.38 bits per heavy atom. The Bertz CT molecular complexity index is 255. The van der Waals surface area contributed by atoms with Crippen LogP contribution in [0.5, 0.6) is 0 Å². The van der Waals surface area contributed by atoms with Gasteiger partial charge in [0.15, 0.2) is 0 Å². The Kier molecular flexibility index (Phi) is 2.95. The molecule has 0 aliphatic heterocycles. The Morgan fingerprint density at radius 1 is 1.54 bits per heavy atom. The second-order valence-electron chi connectivity index (χ2n) is 4.05. The summed E-state index contributed by atoms with van der Waals surface area (Å²) in [7, 11) is 0. The minimum absolute atomic E-state index is 0.420. The van der Waals surface area contributed by atoms with Gasteiger partial charge in [-0.25, -0.2) is 0 Å². The first-order valence-corrected chi connectivity index (χ1v) is 6.30. The standard InChI is InChI=1S/C11H15ClS/c1-8-10(2-3-11(8)12)6-9-4-5-13-7-9/h4-5,7-8,10-11H,2-3,6H2,1H3. The molecule has 0 radical (unpaired) electrons. The highest BCUT2D eigenvalue weighted by Crippen LogP contribution is 2.37. The van der Waals surface area contributed by atoms with Crippen LogP contribution in [-0.2, 0) is 6.42 Å². The highest BCUT2D eigenvalue weighted by atomic mass is 35.5. The summed E-state index contributed by atoms with van der Waals surface area (Å²) in [4.78, 5) is 0. The molecule has 1 saturated carbocycles. The van der Waals surface area contributed by atoms with Crippen molar-refractivity contribution in [2.75, 3.05) is 0 Å². The summed E-state index contributed by atoms with van der Waals surface area (Å²) in [6.45, 7) is 2.29. The molecule has 1 heterocycles. The first-order valence-electron chi connectivity index (χ1n) is 4.92. The third kappa shape index (κ3) is 2.08. The van der Waals surface area contributed by atoms with E-state index in [1.807, 2.05) is 0 Å². The van der Waals surface area contributed by atoms with Gasteiger partial charge in [0, 0.05) is 5.38 Å². The summed E-state index contributed by atoms with van der Waals surface area (Å²) < 4.78 is 0. The Balaban J connectivity index is 1.96. The molecule has 0 saturated heterocycles. The number of halogens is 1. The summed E-state index contributed by atoms with van der Waals surface area (Å²) >= 11 is 7.99. The van der Waals surface area contributed by atoms with Crippen LogP contribution in [0.1, 0.15) is 25.3 Å². The Hall–Kier alpha value is -0.0100. The fraction of sp³-hybridized carbons (Fsp3) is 0.636. The zero-order chi connectivity index (χ0) is 9.26. The summed E-state index contributed by atoms with van der Waals surface area (Å²) in [5.41, 5.74) is 1.49. The highest BCUT2D eigenvalue weighted by Gasteiger charge is 2.31. The monoisotopic (exact) mass is 214 g/mol. The molecule has 3 unspecified atom stereocenters. The fourth-order valence-corrected chi connectivity index (χ4v) is 3.21. The molecule has 0 spiro atoms. The predicted octanol–water partition coefficient (Wildman–Crippen LogP) is 3.94. The maximum absolute atomic E-state index is 6.20.